The van der Waals surface area contributed by atoms with Crippen molar-refractivity contribution in [1.29, 1.82) is 0 Å². The minimum absolute atomic E-state index is 0.0196. The molecular weight excluding hydrogens is 305 g/mol. The zero-order valence-corrected chi connectivity index (χ0v) is 13.0. The van der Waals surface area contributed by atoms with Crippen molar-refractivity contribution in [2.45, 2.75) is 24.3 Å². The Bertz CT molecular complexity index is 732. The maximum atomic E-state index is 13.6. The van der Waals surface area contributed by atoms with E-state index in [2.05, 4.69) is 4.72 Å². The first-order valence-electron chi connectivity index (χ1n) is 6.89. The second kappa shape index (κ2) is 7.00. The Kier molecular flexibility index (Phi) is 5.28. The summed E-state index contributed by atoms with van der Waals surface area (Å²) < 4.78 is 40.1. The molecule has 0 fully saturated rings. The predicted octanol–water partition coefficient (Wildman–Crippen LogP) is 2.54. The van der Waals surface area contributed by atoms with Gasteiger partial charge in [-0.25, -0.2) is 17.5 Å². The van der Waals surface area contributed by atoms with Crippen LogP contribution in [-0.2, 0) is 10.0 Å². The molecule has 0 saturated heterocycles. The van der Waals surface area contributed by atoms with Gasteiger partial charge in [-0.3, -0.25) is 0 Å². The van der Waals surface area contributed by atoms with Crippen molar-refractivity contribution in [2.75, 3.05) is 6.54 Å². The van der Waals surface area contributed by atoms with Crippen molar-refractivity contribution in [3.63, 3.8) is 0 Å². The molecule has 0 radical (unpaired) electrons. The summed E-state index contributed by atoms with van der Waals surface area (Å²) in [4.78, 5) is -0.373. The summed E-state index contributed by atoms with van der Waals surface area (Å²) in [5.41, 5.74) is 1.37. The van der Waals surface area contributed by atoms with Gasteiger partial charge in [0.05, 0.1) is 6.10 Å². The van der Waals surface area contributed by atoms with Crippen LogP contribution < -0.4 is 4.72 Å². The normalized spacial score (nSPS) is 13.0. The number of aliphatic hydroxyl groups is 1. The topological polar surface area (TPSA) is 66.4 Å². The third-order valence-electron chi connectivity index (χ3n) is 3.27. The van der Waals surface area contributed by atoms with E-state index in [-0.39, 0.29) is 17.9 Å². The maximum Gasteiger partial charge on any atom is 0.243 e. The Morgan fingerprint density at radius 2 is 1.86 bits per heavy atom. The molecule has 0 heterocycles. The lowest BCUT2D eigenvalue weighted by Crippen LogP contribution is -2.26. The SMILES string of the molecule is Cc1ccc(F)c(S(=O)(=O)NCCC(O)c2ccccc2)c1. The van der Waals surface area contributed by atoms with Gasteiger partial charge in [0, 0.05) is 6.54 Å². The molecule has 2 N–H and O–H groups in total. The van der Waals surface area contributed by atoms with Gasteiger partial charge in [-0.1, -0.05) is 36.4 Å². The molecule has 0 saturated carbocycles. The highest BCUT2D eigenvalue weighted by Gasteiger charge is 2.19. The van der Waals surface area contributed by atoms with E-state index < -0.39 is 21.9 Å². The van der Waals surface area contributed by atoms with Gasteiger partial charge in [-0.15, -0.1) is 0 Å². The number of nitrogens with one attached hydrogen (secondary N) is 1. The Hall–Kier alpha value is -1.76. The van der Waals surface area contributed by atoms with Crippen LogP contribution in [0.2, 0.25) is 0 Å². The van der Waals surface area contributed by atoms with Crippen LogP contribution in [0.3, 0.4) is 0 Å². The van der Waals surface area contributed by atoms with Gasteiger partial charge in [0.25, 0.3) is 0 Å². The van der Waals surface area contributed by atoms with Crippen molar-refractivity contribution >= 4 is 10.0 Å². The van der Waals surface area contributed by atoms with E-state index in [1.165, 1.54) is 12.1 Å². The minimum atomic E-state index is -3.93. The highest BCUT2D eigenvalue weighted by molar-refractivity contribution is 7.89. The smallest absolute Gasteiger partial charge is 0.243 e. The van der Waals surface area contributed by atoms with Crippen LogP contribution in [0.4, 0.5) is 4.39 Å². The molecule has 0 aliphatic carbocycles. The number of aryl methyl sites for hydroxylation is 1. The van der Waals surface area contributed by atoms with Crippen molar-refractivity contribution < 1.29 is 17.9 Å². The van der Waals surface area contributed by atoms with Crippen molar-refractivity contribution in [2.24, 2.45) is 0 Å². The molecule has 1 atom stereocenters. The molecule has 1 unspecified atom stereocenters. The van der Waals surface area contributed by atoms with E-state index in [9.17, 15) is 17.9 Å². The fraction of sp³-hybridized carbons (Fsp3) is 0.250. The van der Waals surface area contributed by atoms with Crippen LogP contribution in [0.15, 0.2) is 53.4 Å². The number of aliphatic hydroxyl groups excluding tert-OH is 1. The quantitative estimate of drug-likeness (QED) is 0.858. The zero-order valence-electron chi connectivity index (χ0n) is 12.2. The van der Waals surface area contributed by atoms with Crippen LogP contribution in [-0.4, -0.2) is 20.1 Å². The largest absolute Gasteiger partial charge is 0.388 e. The van der Waals surface area contributed by atoms with Crippen LogP contribution >= 0.6 is 0 Å². The maximum absolute atomic E-state index is 13.6. The summed E-state index contributed by atoms with van der Waals surface area (Å²) in [7, 11) is -3.93. The predicted molar refractivity (Wildman–Crippen MR) is 82.3 cm³/mol. The average molecular weight is 323 g/mol. The lowest BCUT2D eigenvalue weighted by atomic mass is 10.1. The molecule has 6 heteroatoms. The molecule has 2 rings (SSSR count). The summed E-state index contributed by atoms with van der Waals surface area (Å²) >= 11 is 0. The van der Waals surface area contributed by atoms with E-state index in [1.807, 2.05) is 6.07 Å². The number of sulfonamides is 1. The Labute approximate surface area is 129 Å². The van der Waals surface area contributed by atoms with Gasteiger partial charge in [-0.2, -0.15) is 0 Å². The molecule has 0 spiro atoms. The minimum Gasteiger partial charge on any atom is -0.388 e. The number of hydrogen-bond donors (Lipinski definition) is 2. The molecule has 0 aliphatic heterocycles. The van der Waals surface area contributed by atoms with E-state index in [4.69, 9.17) is 0 Å². The van der Waals surface area contributed by atoms with Crippen molar-refractivity contribution in [3.8, 4) is 0 Å². The van der Waals surface area contributed by atoms with E-state index in [0.717, 1.165) is 6.07 Å². The van der Waals surface area contributed by atoms with Crippen molar-refractivity contribution in [1.82, 2.24) is 4.72 Å². The second-order valence-corrected chi connectivity index (χ2v) is 6.78. The Morgan fingerprint density at radius 1 is 1.18 bits per heavy atom. The number of benzene rings is 2. The lowest BCUT2D eigenvalue weighted by Gasteiger charge is -2.12. The van der Waals surface area contributed by atoms with Crippen molar-refractivity contribution in [3.05, 3.63) is 65.5 Å². The standard InChI is InChI=1S/C16H18FNO3S/c1-12-7-8-14(17)16(11-12)22(20,21)18-10-9-15(19)13-5-3-2-4-6-13/h2-8,11,15,18-19H,9-10H2,1H3. The highest BCUT2D eigenvalue weighted by atomic mass is 32.2. The third kappa shape index (κ3) is 4.13. The number of halogens is 1. The lowest BCUT2D eigenvalue weighted by molar-refractivity contribution is 0.169. The molecule has 22 heavy (non-hydrogen) atoms. The summed E-state index contributed by atoms with van der Waals surface area (Å²) in [6, 6.07) is 12.9. The van der Waals surface area contributed by atoms with Gasteiger partial charge in [0.15, 0.2) is 0 Å². The van der Waals surface area contributed by atoms with Crippen LogP contribution in [0.25, 0.3) is 0 Å². The van der Waals surface area contributed by atoms with Crippen LogP contribution in [0.1, 0.15) is 23.7 Å². The van der Waals surface area contributed by atoms with Gasteiger partial charge in [0.1, 0.15) is 10.7 Å². The fourth-order valence-electron chi connectivity index (χ4n) is 2.07. The van der Waals surface area contributed by atoms with E-state index >= 15 is 0 Å². The first kappa shape index (κ1) is 16.6. The first-order valence-corrected chi connectivity index (χ1v) is 8.37. The molecule has 0 aliphatic rings. The van der Waals surface area contributed by atoms with Gasteiger partial charge < -0.3 is 5.11 Å². The Morgan fingerprint density at radius 3 is 2.55 bits per heavy atom. The molecule has 0 amide bonds. The molecule has 2 aromatic carbocycles. The fourth-order valence-corrected chi connectivity index (χ4v) is 3.27. The first-order chi connectivity index (χ1) is 10.4. The summed E-state index contributed by atoms with van der Waals surface area (Å²) in [5, 5.41) is 9.98. The number of hydrogen-bond acceptors (Lipinski definition) is 3. The van der Waals surface area contributed by atoms with Gasteiger partial charge >= 0.3 is 0 Å². The third-order valence-corrected chi connectivity index (χ3v) is 4.75. The van der Waals surface area contributed by atoms with Crippen LogP contribution in [0.5, 0.6) is 0 Å². The molecular formula is C16H18FNO3S. The van der Waals surface area contributed by atoms with E-state index in [1.54, 1.807) is 31.2 Å². The number of rotatable bonds is 6. The zero-order chi connectivity index (χ0) is 16.2. The second-order valence-electron chi connectivity index (χ2n) is 5.05. The summed E-state index contributed by atoms with van der Waals surface area (Å²) in [6.45, 7) is 1.71. The van der Waals surface area contributed by atoms with Gasteiger partial charge in [0.2, 0.25) is 10.0 Å². The average Bonchev–Trinajstić information content (AvgIpc) is 2.50. The summed E-state index contributed by atoms with van der Waals surface area (Å²) in [5.74, 6) is -0.790. The van der Waals surface area contributed by atoms with Gasteiger partial charge in [-0.05, 0) is 36.6 Å². The molecule has 118 valence electrons. The van der Waals surface area contributed by atoms with E-state index in [0.29, 0.717) is 11.1 Å². The van der Waals surface area contributed by atoms with Crippen LogP contribution in [0, 0.1) is 12.7 Å². The molecule has 0 bridgehead atoms. The Balaban J connectivity index is 2.00. The molecule has 2 aromatic rings. The molecule has 0 aromatic heterocycles. The monoisotopic (exact) mass is 323 g/mol. The summed E-state index contributed by atoms with van der Waals surface area (Å²) in [6.07, 6.45) is -0.567. The highest BCUT2D eigenvalue weighted by Crippen LogP contribution is 2.18. The molecule has 4 nitrogen and oxygen atoms in total.